The lowest BCUT2D eigenvalue weighted by atomic mass is 10.0. The molecule has 2 nitrogen and oxygen atoms in total. The van der Waals surface area contributed by atoms with Gasteiger partial charge < -0.3 is 10.4 Å². The molecule has 0 heterocycles. The van der Waals surface area contributed by atoms with E-state index in [1.165, 1.54) is 0 Å². The van der Waals surface area contributed by atoms with E-state index in [1.807, 2.05) is 5.32 Å². The van der Waals surface area contributed by atoms with E-state index >= 15 is 0 Å². The van der Waals surface area contributed by atoms with Crippen LogP contribution in [0, 0.1) is 5.92 Å². The Kier molecular flexibility index (Phi) is 4.64. The first-order valence-corrected chi connectivity index (χ1v) is 4.48. The van der Waals surface area contributed by atoms with Crippen molar-refractivity contribution in [3.63, 3.8) is 0 Å². The van der Waals surface area contributed by atoms with Crippen LogP contribution in [0.2, 0.25) is 0 Å². The lowest BCUT2D eigenvalue weighted by molar-refractivity contribution is -0.365. The molecule has 0 bridgehead atoms. The molecule has 0 amide bonds. The Balaban J connectivity index is 4.71. The quantitative estimate of drug-likeness (QED) is 0.752. The molecule has 0 aliphatic carbocycles. The summed E-state index contributed by atoms with van der Waals surface area (Å²) in [7, 11) is 0. The van der Waals surface area contributed by atoms with Crippen molar-refractivity contribution in [3.05, 3.63) is 0 Å². The van der Waals surface area contributed by atoms with Crippen LogP contribution < -0.4 is 5.32 Å². The third-order valence-corrected chi connectivity index (χ3v) is 1.87. The highest BCUT2D eigenvalue weighted by atomic mass is 19.4. The van der Waals surface area contributed by atoms with Gasteiger partial charge in [-0.25, -0.2) is 0 Å². The Bertz CT molecular complexity index is 208. The third kappa shape index (κ3) is 3.51. The molecule has 0 unspecified atom stereocenters. The largest absolute Gasteiger partial charge is 0.427 e. The van der Waals surface area contributed by atoms with Crippen LogP contribution in [0.3, 0.4) is 0 Å². The Morgan fingerprint density at radius 2 is 1.38 bits per heavy atom. The third-order valence-electron chi connectivity index (χ3n) is 1.87. The summed E-state index contributed by atoms with van der Waals surface area (Å²) < 4.78 is 72.7. The molecule has 0 rings (SSSR count). The second kappa shape index (κ2) is 4.79. The summed E-state index contributed by atoms with van der Waals surface area (Å²) >= 11 is 0. The highest BCUT2D eigenvalue weighted by molar-refractivity contribution is 4.95. The maximum absolute atomic E-state index is 12.1. The zero-order chi connectivity index (χ0) is 13.2. The van der Waals surface area contributed by atoms with Gasteiger partial charge in [-0.15, -0.1) is 0 Å². The molecule has 0 aliphatic heterocycles. The first kappa shape index (κ1) is 15.5. The van der Waals surface area contributed by atoms with Gasteiger partial charge in [0.15, 0.2) is 0 Å². The van der Waals surface area contributed by atoms with Crippen LogP contribution in [0.15, 0.2) is 0 Å². The highest BCUT2D eigenvalue weighted by Gasteiger charge is 2.70. The Hall–Kier alpha value is -0.500. The summed E-state index contributed by atoms with van der Waals surface area (Å²) in [5, 5.41) is 10.6. The van der Waals surface area contributed by atoms with Crippen molar-refractivity contribution in [3.8, 4) is 0 Å². The fourth-order valence-electron chi connectivity index (χ4n) is 0.903. The summed E-state index contributed by atoms with van der Waals surface area (Å²) in [6.45, 7) is 1.59. The van der Waals surface area contributed by atoms with Crippen molar-refractivity contribution < 1.29 is 31.4 Å². The van der Waals surface area contributed by atoms with Crippen molar-refractivity contribution in [2.75, 3.05) is 13.1 Å². The van der Waals surface area contributed by atoms with Crippen LogP contribution in [0.25, 0.3) is 0 Å². The summed E-state index contributed by atoms with van der Waals surface area (Å²) in [5.41, 5.74) is -4.70. The average Bonchev–Trinajstić information content (AvgIpc) is 1.98. The van der Waals surface area contributed by atoms with E-state index in [0.717, 1.165) is 0 Å². The smallest absolute Gasteiger partial charge is 0.373 e. The van der Waals surface area contributed by atoms with E-state index in [2.05, 4.69) is 0 Å². The van der Waals surface area contributed by atoms with E-state index in [9.17, 15) is 26.3 Å². The molecule has 2 N–H and O–H groups in total. The van der Waals surface area contributed by atoms with Gasteiger partial charge in [-0.05, 0) is 12.5 Å². The van der Waals surface area contributed by atoms with E-state index < -0.39 is 24.5 Å². The fraction of sp³-hybridized carbons (Fsp3) is 1.00. The van der Waals surface area contributed by atoms with Crippen LogP contribution in [0.4, 0.5) is 26.3 Å². The number of nitrogens with one attached hydrogen (secondary N) is 1. The van der Waals surface area contributed by atoms with E-state index in [0.29, 0.717) is 0 Å². The molecule has 0 aromatic rings. The zero-order valence-electron chi connectivity index (χ0n) is 8.71. The summed E-state index contributed by atoms with van der Waals surface area (Å²) in [5.74, 6) is -0.120. The molecule has 8 heteroatoms. The first-order valence-electron chi connectivity index (χ1n) is 4.48. The molecule has 16 heavy (non-hydrogen) atoms. The maximum atomic E-state index is 12.1. The summed E-state index contributed by atoms with van der Waals surface area (Å²) in [4.78, 5) is 0. The molecule has 0 spiro atoms. The van der Waals surface area contributed by atoms with Gasteiger partial charge in [0.1, 0.15) is 0 Å². The first-order chi connectivity index (χ1) is 6.92. The van der Waals surface area contributed by atoms with Gasteiger partial charge >= 0.3 is 12.4 Å². The van der Waals surface area contributed by atoms with Gasteiger partial charge in [-0.1, -0.05) is 13.8 Å². The van der Waals surface area contributed by atoms with Gasteiger partial charge in [0.25, 0.3) is 5.60 Å². The minimum atomic E-state index is -5.75. The lowest BCUT2D eigenvalue weighted by Gasteiger charge is -2.32. The zero-order valence-corrected chi connectivity index (χ0v) is 8.71. The Labute approximate surface area is 88.6 Å². The maximum Gasteiger partial charge on any atom is 0.427 e. The monoisotopic (exact) mass is 253 g/mol. The molecule has 98 valence electrons. The van der Waals surface area contributed by atoms with Gasteiger partial charge in [-0.3, -0.25) is 0 Å². The molecule has 0 aromatic heterocycles. The predicted molar refractivity (Wildman–Crippen MR) is 44.8 cm³/mol. The van der Waals surface area contributed by atoms with Crippen molar-refractivity contribution in [1.29, 1.82) is 0 Å². The van der Waals surface area contributed by atoms with Gasteiger partial charge in [0.05, 0.1) is 0 Å². The van der Waals surface area contributed by atoms with Crippen LogP contribution in [-0.4, -0.2) is 36.1 Å². The van der Waals surface area contributed by atoms with Gasteiger partial charge in [0, 0.05) is 6.54 Å². The molecule has 0 saturated heterocycles. The fourth-order valence-corrected chi connectivity index (χ4v) is 0.903. The molecule has 0 saturated carbocycles. The van der Waals surface area contributed by atoms with Gasteiger partial charge in [-0.2, -0.15) is 26.3 Å². The van der Waals surface area contributed by atoms with Crippen molar-refractivity contribution in [2.24, 2.45) is 5.92 Å². The average molecular weight is 253 g/mol. The van der Waals surface area contributed by atoms with E-state index in [4.69, 9.17) is 5.11 Å². The number of hydrogen-bond donors (Lipinski definition) is 2. The number of halogens is 6. The number of aliphatic hydroxyl groups is 1. The highest BCUT2D eigenvalue weighted by Crippen LogP contribution is 2.42. The topological polar surface area (TPSA) is 32.3 Å². The summed E-state index contributed by atoms with van der Waals surface area (Å²) in [6, 6.07) is 0. The molecule has 0 aromatic carbocycles. The number of rotatable bonds is 4. The molecule has 0 fully saturated rings. The minimum Gasteiger partial charge on any atom is -0.373 e. The Morgan fingerprint density at radius 3 is 1.62 bits per heavy atom. The number of hydrogen-bond acceptors (Lipinski definition) is 2. The number of alkyl halides is 6. The Morgan fingerprint density at radius 1 is 1.00 bits per heavy atom. The lowest BCUT2D eigenvalue weighted by Crippen LogP contribution is -2.62. The molecule has 0 aliphatic rings. The van der Waals surface area contributed by atoms with Crippen LogP contribution in [-0.2, 0) is 0 Å². The van der Waals surface area contributed by atoms with Gasteiger partial charge in [0.2, 0.25) is 0 Å². The normalized spacial score (nSPS) is 14.6. The van der Waals surface area contributed by atoms with Crippen molar-refractivity contribution in [2.45, 2.75) is 31.8 Å². The second-order valence-electron chi connectivity index (χ2n) is 3.88. The molecule has 0 atom stereocenters. The second-order valence-corrected chi connectivity index (χ2v) is 3.88. The summed E-state index contributed by atoms with van der Waals surface area (Å²) in [6.07, 6.45) is -11.5. The molecule has 0 radical (unpaired) electrons. The van der Waals surface area contributed by atoms with Crippen LogP contribution >= 0.6 is 0 Å². The van der Waals surface area contributed by atoms with Crippen LogP contribution in [0.5, 0.6) is 0 Å². The van der Waals surface area contributed by atoms with Crippen molar-refractivity contribution in [1.82, 2.24) is 5.32 Å². The van der Waals surface area contributed by atoms with Crippen molar-refractivity contribution >= 4 is 0 Å². The minimum absolute atomic E-state index is 0.0472. The van der Waals surface area contributed by atoms with E-state index in [-0.39, 0.29) is 12.5 Å². The SMILES string of the molecule is CC(C)CNCC(O)(C(F)(F)F)C(F)(F)F. The predicted octanol–water partition coefficient (Wildman–Crippen LogP) is 2.09. The molecular weight excluding hydrogens is 240 g/mol. The standard InChI is InChI=1S/C8H13F6NO/c1-5(2)3-15-4-6(16,7(9,10)11)8(12,13)14/h5,15-16H,3-4H2,1-2H3. The van der Waals surface area contributed by atoms with E-state index in [1.54, 1.807) is 13.8 Å². The van der Waals surface area contributed by atoms with Crippen LogP contribution in [0.1, 0.15) is 13.8 Å². The molecular formula is C8H13F6NO.